The number of piperidine rings is 2. The number of nitrogens with zero attached hydrogens (tertiary/aromatic N) is 2. The Morgan fingerprint density at radius 1 is 0.971 bits per heavy atom. The first-order valence-corrected chi connectivity index (χ1v) is 12.6. The zero-order chi connectivity index (χ0) is 23.9. The molecule has 6 heteroatoms. The van der Waals surface area contributed by atoms with E-state index in [2.05, 4.69) is 22.3 Å². The number of likely N-dealkylation sites (tertiary alicyclic amines) is 2. The van der Waals surface area contributed by atoms with Gasteiger partial charge in [-0.15, -0.1) is 0 Å². The van der Waals surface area contributed by atoms with E-state index in [1.807, 2.05) is 48.2 Å². The Bertz CT molecular complexity index is 961. The van der Waals surface area contributed by atoms with Gasteiger partial charge in [0.05, 0.1) is 13.2 Å². The number of benzene rings is 2. The molecule has 0 aliphatic carbocycles. The Kier molecular flexibility index (Phi) is 8.22. The van der Waals surface area contributed by atoms with Crippen LogP contribution < -0.4 is 10.1 Å². The minimum atomic E-state index is -0.0428. The summed E-state index contributed by atoms with van der Waals surface area (Å²) in [6.07, 6.45) is 5.10. The van der Waals surface area contributed by atoms with Crippen molar-refractivity contribution in [3.8, 4) is 5.75 Å². The normalized spacial score (nSPS) is 18.4. The minimum Gasteiger partial charge on any atom is -0.497 e. The number of hydrogen-bond donors (Lipinski definition) is 1. The largest absolute Gasteiger partial charge is 0.497 e. The van der Waals surface area contributed by atoms with Crippen LogP contribution in [0.2, 0.25) is 0 Å². The van der Waals surface area contributed by atoms with Crippen LogP contribution in [0.1, 0.15) is 59.6 Å². The van der Waals surface area contributed by atoms with Gasteiger partial charge in [-0.05, 0) is 75.0 Å². The van der Waals surface area contributed by atoms with E-state index >= 15 is 0 Å². The molecule has 0 aromatic heterocycles. The molecule has 2 fully saturated rings. The maximum Gasteiger partial charge on any atom is 0.254 e. The molecular formula is C28H37N3O3. The fourth-order valence-electron chi connectivity index (χ4n) is 5.18. The van der Waals surface area contributed by atoms with Crippen LogP contribution in [0.25, 0.3) is 0 Å². The molecule has 2 saturated heterocycles. The lowest BCUT2D eigenvalue weighted by atomic mass is 9.94. The SMILES string of the molecule is COc1ccc(C(CNC(=O)C2CCN(C(=O)c3ccccc3C)CC2)N2CCCCC2)cc1. The second kappa shape index (κ2) is 11.5. The Balaban J connectivity index is 1.33. The molecule has 4 rings (SSSR count). The van der Waals surface area contributed by atoms with Crippen LogP contribution in [0.3, 0.4) is 0 Å². The summed E-state index contributed by atoms with van der Waals surface area (Å²) in [6.45, 7) is 5.94. The van der Waals surface area contributed by atoms with Gasteiger partial charge < -0.3 is 15.0 Å². The van der Waals surface area contributed by atoms with Gasteiger partial charge in [-0.3, -0.25) is 14.5 Å². The van der Waals surface area contributed by atoms with Crippen molar-refractivity contribution in [2.75, 3.05) is 39.8 Å². The lowest BCUT2D eigenvalue weighted by Gasteiger charge is -2.36. The molecule has 2 heterocycles. The highest BCUT2D eigenvalue weighted by molar-refractivity contribution is 5.95. The van der Waals surface area contributed by atoms with Crippen molar-refractivity contribution >= 4 is 11.8 Å². The predicted molar refractivity (Wildman–Crippen MR) is 134 cm³/mol. The summed E-state index contributed by atoms with van der Waals surface area (Å²) in [7, 11) is 1.68. The molecule has 182 valence electrons. The average Bonchev–Trinajstić information content (AvgIpc) is 2.89. The number of hydrogen-bond acceptors (Lipinski definition) is 4. The number of rotatable bonds is 7. The second-order valence-corrected chi connectivity index (χ2v) is 9.51. The fraction of sp³-hybridized carbons (Fsp3) is 0.500. The van der Waals surface area contributed by atoms with Gasteiger partial charge in [0.1, 0.15) is 5.75 Å². The molecular weight excluding hydrogens is 426 g/mol. The first-order valence-electron chi connectivity index (χ1n) is 12.6. The summed E-state index contributed by atoms with van der Waals surface area (Å²) in [4.78, 5) is 30.3. The van der Waals surface area contributed by atoms with Gasteiger partial charge in [0, 0.05) is 31.1 Å². The van der Waals surface area contributed by atoms with E-state index in [-0.39, 0.29) is 23.8 Å². The zero-order valence-corrected chi connectivity index (χ0v) is 20.5. The van der Waals surface area contributed by atoms with E-state index in [9.17, 15) is 9.59 Å². The summed E-state index contributed by atoms with van der Waals surface area (Å²) in [5.41, 5.74) is 2.96. The van der Waals surface area contributed by atoms with Crippen molar-refractivity contribution < 1.29 is 14.3 Å². The molecule has 0 saturated carbocycles. The van der Waals surface area contributed by atoms with Crippen LogP contribution in [0.4, 0.5) is 0 Å². The molecule has 34 heavy (non-hydrogen) atoms. The maximum absolute atomic E-state index is 13.1. The van der Waals surface area contributed by atoms with E-state index in [4.69, 9.17) is 4.74 Å². The summed E-state index contributed by atoms with van der Waals surface area (Å²) < 4.78 is 5.32. The van der Waals surface area contributed by atoms with Crippen molar-refractivity contribution in [3.63, 3.8) is 0 Å². The molecule has 2 aromatic rings. The molecule has 1 atom stereocenters. The summed E-state index contributed by atoms with van der Waals surface area (Å²) in [5, 5.41) is 3.25. The van der Waals surface area contributed by atoms with Crippen LogP contribution in [-0.4, -0.2) is 61.4 Å². The van der Waals surface area contributed by atoms with E-state index in [1.165, 1.54) is 24.8 Å². The number of ether oxygens (including phenoxy) is 1. The van der Waals surface area contributed by atoms with Crippen LogP contribution in [0.5, 0.6) is 5.75 Å². The highest BCUT2D eigenvalue weighted by Crippen LogP contribution is 2.27. The lowest BCUT2D eigenvalue weighted by molar-refractivity contribution is -0.126. The maximum atomic E-state index is 13.1. The lowest BCUT2D eigenvalue weighted by Crippen LogP contribution is -2.45. The molecule has 0 bridgehead atoms. The van der Waals surface area contributed by atoms with Crippen molar-refractivity contribution in [2.45, 2.75) is 45.1 Å². The van der Waals surface area contributed by atoms with Gasteiger partial charge in [0.25, 0.3) is 5.91 Å². The van der Waals surface area contributed by atoms with Gasteiger partial charge in [0.15, 0.2) is 0 Å². The Hall–Kier alpha value is -2.86. The zero-order valence-electron chi connectivity index (χ0n) is 20.5. The number of amides is 2. The van der Waals surface area contributed by atoms with E-state index in [1.54, 1.807) is 7.11 Å². The van der Waals surface area contributed by atoms with E-state index in [0.29, 0.717) is 32.5 Å². The third-order valence-electron chi connectivity index (χ3n) is 7.33. The third kappa shape index (κ3) is 5.79. The first-order chi connectivity index (χ1) is 16.6. The molecule has 2 amide bonds. The number of carbonyl (C=O) groups is 2. The summed E-state index contributed by atoms with van der Waals surface area (Å²) >= 11 is 0. The summed E-state index contributed by atoms with van der Waals surface area (Å²) in [6, 6.07) is 16.1. The highest BCUT2D eigenvalue weighted by Gasteiger charge is 2.29. The van der Waals surface area contributed by atoms with E-state index < -0.39 is 0 Å². The molecule has 1 N–H and O–H groups in total. The average molecular weight is 464 g/mol. The van der Waals surface area contributed by atoms with Gasteiger partial charge in [0.2, 0.25) is 5.91 Å². The van der Waals surface area contributed by atoms with Crippen LogP contribution in [-0.2, 0) is 4.79 Å². The summed E-state index contributed by atoms with van der Waals surface area (Å²) in [5.74, 6) is 0.983. The van der Waals surface area contributed by atoms with Crippen molar-refractivity contribution in [2.24, 2.45) is 5.92 Å². The molecule has 6 nitrogen and oxygen atoms in total. The Labute approximate surface area is 203 Å². The van der Waals surface area contributed by atoms with Gasteiger partial charge >= 0.3 is 0 Å². The minimum absolute atomic E-state index is 0.0428. The molecule has 2 aliphatic rings. The molecule has 0 radical (unpaired) electrons. The molecule has 2 aromatic carbocycles. The second-order valence-electron chi connectivity index (χ2n) is 9.51. The van der Waals surface area contributed by atoms with Crippen LogP contribution in [0, 0.1) is 12.8 Å². The smallest absolute Gasteiger partial charge is 0.254 e. The van der Waals surface area contributed by atoms with Crippen LogP contribution in [0.15, 0.2) is 48.5 Å². The van der Waals surface area contributed by atoms with Crippen LogP contribution >= 0.6 is 0 Å². The quantitative estimate of drug-likeness (QED) is 0.669. The highest BCUT2D eigenvalue weighted by atomic mass is 16.5. The van der Waals surface area contributed by atoms with Gasteiger partial charge in [-0.2, -0.15) is 0 Å². The monoisotopic (exact) mass is 463 g/mol. The number of methoxy groups -OCH3 is 1. The number of nitrogens with one attached hydrogen (secondary N) is 1. The Morgan fingerprint density at radius 3 is 2.29 bits per heavy atom. The van der Waals surface area contributed by atoms with Crippen molar-refractivity contribution in [1.82, 2.24) is 15.1 Å². The molecule has 1 unspecified atom stereocenters. The fourth-order valence-corrected chi connectivity index (χ4v) is 5.18. The van der Waals surface area contributed by atoms with Crippen molar-refractivity contribution in [1.29, 1.82) is 0 Å². The predicted octanol–water partition coefficient (Wildman–Crippen LogP) is 4.20. The number of carbonyl (C=O) groups excluding carboxylic acids is 2. The third-order valence-corrected chi connectivity index (χ3v) is 7.33. The molecule has 0 spiro atoms. The van der Waals surface area contributed by atoms with Crippen molar-refractivity contribution in [3.05, 3.63) is 65.2 Å². The topological polar surface area (TPSA) is 61.9 Å². The van der Waals surface area contributed by atoms with Gasteiger partial charge in [-0.1, -0.05) is 36.8 Å². The van der Waals surface area contributed by atoms with Gasteiger partial charge in [-0.25, -0.2) is 0 Å². The molecule has 2 aliphatic heterocycles. The number of aryl methyl sites for hydroxylation is 1. The standard InChI is InChI=1S/C28H37N3O3/c1-21-8-4-5-9-25(21)28(33)31-18-14-23(15-19-31)27(32)29-20-26(30-16-6-3-7-17-30)22-10-12-24(34-2)13-11-22/h4-5,8-13,23,26H,3,6-7,14-20H2,1-2H3,(H,29,32). The Morgan fingerprint density at radius 2 is 1.65 bits per heavy atom. The first kappa shape index (κ1) is 24.3. The van der Waals surface area contributed by atoms with E-state index in [0.717, 1.165) is 30.0 Å².